The molecule has 0 aliphatic rings. The summed E-state index contributed by atoms with van der Waals surface area (Å²) in [4.78, 5) is 8.76. The van der Waals surface area contributed by atoms with Gasteiger partial charge in [-0.2, -0.15) is 15.5 Å². The zero-order valence-corrected chi connectivity index (χ0v) is 15.6. The van der Waals surface area contributed by atoms with E-state index in [1.54, 1.807) is 42.6 Å². The quantitative estimate of drug-likeness (QED) is 0.617. The lowest BCUT2D eigenvalue weighted by Gasteiger charge is -2.15. The molecule has 0 saturated heterocycles. The minimum atomic E-state index is 0.450. The number of aryl methyl sites for hydroxylation is 1. The van der Waals surface area contributed by atoms with Gasteiger partial charge in [-0.15, -0.1) is 0 Å². The van der Waals surface area contributed by atoms with Crippen LogP contribution in [0.15, 0.2) is 54.7 Å². The van der Waals surface area contributed by atoms with Gasteiger partial charge in [0.05, 0.1) is 17.7 Å². The third-order valence-corrected chi connectivity index (χ3v) is 4.23. The van der Waals surface area contributed by atoms with Crippen LogP contribution in [0.3, 0.4) is 0 Å². The summed E-state index contributed by atoms with van der Waals surface area (Å²) in [6.07, 6.45) is 4.93. The highest BCUT2D eigenvalue weighted by molar-refractivity contribution is 5.72. The van der Waals surface area contributed by atoms with Crippen molar-refractivity contribution in [3.05, 3.63) is 77.0 Å². The number of nitrogens with one attached hydrogen (secondary N) is 2. The normalized spacial score (nSPS) is 10.3. The van der Waals surface area contributed by atoms with Gasteiger partial charge < -0.3 is 10.6 Å². The molecule has 0 unspecified atom stereocenters. The fourth-order valence-corrected chi connectivity index (χ4v) is 2.74. The molecule has 6 heteroatoms. The molecule has 0 radical (unpaired) electrons. The zero-order chi connectivity index (χ0) is 19.9. The maximum atomic E-state index is 8.88. The lowest BCUT2D eigenvalue weighted by molar-refractivity contribution is 1.16. The second kappa shape index (κ2) is 8.48. The molecule has 0 bridgehead atoms. The molecule has 0 amide bonds. The number of hydrogen-bond donors (Lipinski definition) is 2. The van der Waals surface area contributed by atoms with Gasteiger partial charge in [0.25, 0.3) is 0 Å². The van der Waals surface area contributed by atoms with Crippen molar-refractivity contribution in [3.63, 3.8) is 0 Å². The smallest absolute Gasteiger partial charge is 0.229 e. The van der Waals surface area contributed by atoms with Crippen molar-refractivity contribution < 1.29 is 0 Å². The Morgan fingerprint density at radius 2 is 1.75 bits per heavy atom. The summed E-state index contributed by atoms with van der Waals surface area (Å²) >= 11 is 0. The lowest BCUT2D eigenvalue weighted by Crippen LogP contribution is -2.03. The Kier molecular flexibility index (Phi) is 5.64. The highest BCUT2D eigenvalue weighted by Gasteiger charge is 2.08. The maximum Gasteiger partial charge on any atom is 0.229 e. The molecule has 3 rings (SSSR count). The first-order valence-electron chi connectivity index (χ1n) is 8.64. The van der Waals surface area contributed by atoms with E-state index in [1.807, 2.05) is 32.0 Å². The second-order valence-electron chi connectivity index (χ2n) is 6.14. The summed E-state index contributed by atoms with van der Waals surface area (Å²) in [7, 11) is 0. The summed E-state index contributed by atoms with van der Waals surface area (Å²) in [6.45, 7) is 4.02. The van der Waals surface area contributed by atoms with Crippen LogP contribution in [0.25, 0.3) is 6.08 Å². The first kappa shape index (κ1) is 18.6. The number of aromatic nitrogens is 2. The molecule has 0 spiro atoms. The van der Waals surface area contributed by atoms with Gasteiger partial charge in [-0.1, -0.05) is 12.1 Å². The van der Waals surface area contributed by atoms with Crippen LogP contribution in [0, 0.1) is 36.5 Å². The fraction of sp³-hybridized carbons (Fsp3) is 0.0909. The van der Waals surface area contributed by atoms with Crippen molar-refractivity contribution in [2.45, 2.75) is 13.8 Å². The number of nitrogens with zero attached hydrogens (tertiary/aromatic N) is 4. The van der Waals surface area contributed by atoms with Gasteiger partial charge in [-0.05, 0) is 66.9 Å². The second-order valence-corrected chi connectivity index (χ2v) is 6.14. The zero-order valence-electron chi connectivity index (χ0n) is 15.6. The molecule has 3 aromatic rings. The number of allylic oxidation sites excluding steroid dienone is 1. The molecule has 0 aliphatic heterocycles. The molecule has 0 fully saturated rings. The topological polar surface area (TPSA) is 97.4 Å². The van der Waals surface area contributed by atoms with Crippen LogP contribution in [0.1, 0.15) is 22.3 Å². The summed E-state index contributed by atoms with van der Waals surface area (Å²) < 4.78 is 0. The van der Waals surface area contributed by atoms with Crippen LogP contribution in [0.4, 0.5) is 23.1 Å². The molecule has 6 nitrogen and oxygen atoms in total. The van der Waals surface area contributed by atoms with Crippen LogP contribution in [0.5, 0.6) is 0 Å². The Morgan fingerprint density at radius 1 is 0.964 bits per heavy atom. The minimum absolute atomic E-state index is 0.450. The summed E-state index contributed by atoms with van der Waals surface area (Å²) in [5, 5.41) is 24.1. The van der Waals surface area contributed by atoms with E-state index in [4.69, 9.17) is 10.5 Å². The number of benzene rings is 2. The Balaban J connectivity index is 1.84. The van der Waals surface area contributed by atoms with E-state index < -0.39 is 0 Å². The molecule has 1 aromatic heterocycles. The van der Waals surface area contributed by atoms with Gasteiger partial charge >= 0.3 is 0 Å². The van der Waals surface area contributed by atoms with Crippen molar-refractivity contribution in [3.8, 4) is 12.1 Å². The van der Waals surface area contributed by atoms with Crippen molar-refractivity contribution in [2.75, 3.05) is 10.6 Å². The molecule has 2 aromatic carbocycles. The minimum Gasteiger partial charge on any atom is -0.340 e. The Morgan fingerprint density at radius 3 is 2.46 bits per heavy atom. The van der Waals surface area contributed by atoms with E-state index in [2.05, 4.69) is 26.7 Å². The standard InChI is InChI=1S/C22H18N6/c1-15-5-8-18(4-3-12-23)16(2)21(15)27-20-11-13-25-22(28-20)26-19-9-6-17(14-24)7-10-19/h3-11,13H,1-2H3,(H2,25,26,27,28). The van der Waals surface area contributed by atoms with Crippen LogP contribution < -0.4 is 10.6 Å². The SMILES string of the molecule is Cc1ccc(C=CC#N)c(C)c1Nc1ccnc(Nc2ccc(C#N)cc2)n1. The van der Waals surface area contributed by atoms with Gasteiger partial charge in [0.15, 0.2) is 0 Å². The highest BCUT2D eigenvalue weighted by Crippen LogP contribution is 2.27. The van der Waals surface area contributed by atoms with Crippen molar-refractivity contribution in [1.82, 2.24) is 9.97 Å². The monoisotopic (exact) mass is 366 g/mol. The Hall–Kier alpha value is -4.16. The largest absolute Gasteiger partial charge is 0.340 e. The average molecular weight is 366 g/mol. The van der Waals surface area contributed by atoms with Gasteiger partial charge in [-0.3, -0.25) is 0 Å². The van der Waals surface area contributed by atoms with Gasteiger partial charge in [-0.25, -0.2) is 4.98 Å². The molecule has 0 aliphatic carbocycles. The van der Waals surface area contributed by atoms with E-state index >= 15 is 0 Å². The van der Waals surface area contributed by atoms with Gasteiger partial charge in [0.2, 0.25) is 5.95 Å². The first-order chi connectivity index (χ1) is 13.6. The Labute approximate surface area is 163 Å². The molecule has 2 N–H and O–H groups in total. The van der Waals surface area contributed by atoms with E-state index in [0.29, 0.717) is 17.3 Å². The molecular formula is C22H18N6. The van der Waals surface area contributed by atoms with E-state index in [9.17, 15) is 0 Å². The van der Waals surface area contributed by atoms with E-state index in [-0.39, 0.29) is 0 Å². The molecular weight excluding hydrogens is 348 g/mol. The number of nitriles is 2. The van der Waals surface area contributed by atoms with Crippen molar-refractivity contribution in [1.29, 1.82) is 10.5 Å². The number of rotatable bonds is 5. The lowest BCUT2D eigenvalue weighted by atomic mass is 10.0. The van der Waals surface area contributed by atoms with Crippen molar-refractivity contribution >= 4 is 29.2 Å². The predicted molar refractivity (Wildman–Crippen MR) is 110 cm³/mol. The van der Waals surface area contributed by atoms with Crippen LogP contribution in [-0.4, -0.2) is 9.97 Å². The van der Waals surface area contributed by atoms with Gasteiger partial charge in [0, 0.05) is 23.6 Å². The predicted octanol–water partition coefficient (Wildman–Crippen LogP) is 4.99. The van der Waals surface area contributed by atoms with E-state index in [0.717, 1.165) is 28.1 Å². The fourth-order valence-electron chi connectivity index (χ4n) is 2.74. The highest BCUT2D eigenvalue weighted by atomic mass is 15.1. The van der Waals surface area contributed by atoms with Gasteiger partial charge in [0.1, 0.15) is 5.82 Å². The molecule has 1 heterocycles. The summed E-state index contributed by atoms with van der Waals surface area (Å²) in [6, 6.07) is 17.0. The third kappa shape index (κ3) is 4.32. The van der Waals surface area contributed by atoms with Crippen molar-refractivity contribution in [2.24, 2.45) is 0 Å². The first-order valence-corrected chi connectivity index (χ1v) is 8.64. The Bertz CT molecular complexity index is 1100. The molecule has 0 saturated carbocycles. The summed E-state index contributed by atoms with van der Waals surface area (Å²) in [5.74, 6) is 1.10. The average Bonchev–Trinajstić information content (AvgIpc) is 2.71. The van der Waals surface area contributed by atoms with Crippen LogP contribution in [-0.2, 0) is 0 Å². The molecule has 28 heavy (non-hydrogen) atoms. The number of hydrogen-bond acceptors (Lipinski definition) is 6. The summed E-state index contributed by atoms with van der Waals surface area (Å²) in [5.41, 5.74) is 5.42. The van der Waals surface area contributed by atoms with Crippen LogP contribution in [0.2, 0.25) is 0 Å². The molecule has 136 valence electrons. The number of anilines is 4. The molecule has 0 atom stereocenters. The third-order valence-electron chi connectivity index (χ3n) is 4.23. The maximum absolute atomic E-state index is 8.88. The van der Waals surface area contributed by atoms with Crippen LogP contribution >= 0.6 is 0 Å². The van der Waals surface area contributed by atoms with E-state index in [1.165, 1.54) is 6.08 Å².